The van der Waals surface area contributed by atoms with Gasteiger partial charge >= 0.3 is 18.2 Å². The first-order valence-corrected chi connectivity index (χ1v) is 29.4. The molecule has 0 spiro atoms. The number of aliphatic carboxylic acids is 1. The minimum Gasteiger partial charge on any atom is -0.481 e. The molecule has 5 aromatic rings. The van der Waals surface area contributed by atoms with Gasteiger partial charge in [0, 0.05) is 19.3 Å². The van der Waals surface area contributed by atoms with Crippen LogP contribution in [0.5, 0.6) is 0 Å². The van der Waals surface area contributed by atoms with E-state index in [0.29, 0.717) is 18.8 Å². The standard InChI is InChI=1S/C20H22N2O6S.C17H18N2O5S.C12H16N2O4S.C3H6O2.CH2S/c1-2-18(23)22-29(25,26)17-10-8-16(9-11-17)20(13-27-14-20)21-19(24)28-12-15-6-4-3-5-7-15;18-25(21,22)15-8-6-14(7-9-15)17(11-23-12-17)19-16(20)24-10-13-4-2-1-3-5-13;1-2-11(15)14-19(16,17)10-5-3-9(4-6-10)12(13)7-18-8-12;1-2-3(4)5;1-2/h3-11H,2,12-14H2,1H3,(H,21,24)(H,22,23);1-9H,10-12H2,(H,19,20)(H2,18,21,22);3-6H,2,7-8,13H2,1H3,(H,14,15);2H2,1H3,(H,4,5);1H2. The summed E-state index contributed by atoms with van der Waals surface area (Å²) >= 11 is 3.83. The smallest absolute Gasteiger partial charge is 0.408 e. The lowest BCUT2D eigenvalue weighted by molar-refractivity contribution is -0.136. The zero-order valence-corrected chi connectivity index (χ0v) is 47.2. The number of benzene rings is 5. The fourth-order valence-electron chi connectivity index (χ4n) is 7.08. The molecule has 4 amide bonds. The molecule has 0 aliphatic carbocycles. The number of nitrogens with one attached hydrogen (secondary N) is 4. The third-order valence-corrected chi connectivity index (χ3v) is 15.6. The van der Waals surface area contributed by atoms with Gasteiger partial charge in [0.2, 0.25) is 21.8 Å². The van der Waals surface area contributed by atoms with Crippen LogP contribution >= 0.6 is 12.2 Å². The van der Waals surface area contributed by atoms with Crippen LogP contribution in [0.3, 0.4) is 0 Å². The molecule has 3 heterocycles. The maximum atomic E-state index is 12.2. The van der Waals surface area contributed by atoms with Gasteiger partial charge in [0.15, 0.2) is 0 Å². The molecule has 8 rings (SSSR count). The van der Waals surface area contributed by atoms with E-state index in [1.54, 1.807) is 57.2 Å². The molecule has 9 N–H and O–H groups in total. The van der Waals surface area contributed by atoms with Gasteiger partial charge in [-0.2, -0.15) is 0 Å². The summed E-state index contributed by atoms with van der Waals surface area (Å²) in [4.78, 5) is 56.3. The third kappa shape index (κ3) is 19.0. The van der Waals surface area contributed by atoms with Crippen molar-refractivity contribution in [3.8, 4) is 0 Å². The first-order valence-electron chi connectivity index (χ1n) is 24.3. The molecule has 80 heavy (non-hydrogen) atoms. The molecule has 3 aliphatic rings. The number of thiocarbonyl (C=S) groups is 1. The van der Waals surface area contributed by atoms with Crippen molar-refractivity contribution in [2.45, 2.75) is 84.6 Å². The normalized spacial score (nSPS) is 15.1. The molecule has 0 radical (unpaired) electrons. The Morgan fingerprint density at radius 1 is 0.525 bits per heavy atom. The number of carboxylic acids is 1. The molecule has 3 fully saturated rings. The topological polar surface area (TPSA) is 354 Å². The molecule has 0 atom stereocenters. The molecule has 5 aromatic carbocycles. The second-order valence-corrected chi connectivity index (χ2v) is 22.7. The van der Waals surface area contributed by atoms with Gasteiger partial charge in [-0.05, 0) is 70.1 Å². The lowest BCUT2D eigenvalue weighted by atomic mass is 9.88. The van der Waals surface area contributed by atoms with Crippen molar-refractivity contribution >= 4 is 78.1 Å². The molecular formula is C53H64N6O17S4. The van der Waals surface area contributed by atoms with Crippen LogP contribution in [0.15, 0.2) is 148 Å². The van der Waals surface area contributed by atoms with Gasteiger partial charge in [0.1, 0.15) is 24.3 Å². The predicted molar refractivity (Wildman–Crippen MR) is 296 cm³/mol. The van der Waals surface area contributed by atoms with E-state index in [9.17, 15) is 49.2 Å². The number of carbonyl (C=O) groups is 5. The Hall–Kier alpha value is -7.21. The monoisotopic (exact) mass is 1180 g/mol. The van der Waals surface area contributed by atoms with E-state index in [0.717, 1.165) is 22.3 Å². The van der Waals surface area contributed by atoms with Gasteiger partial charge in [0.05, 0.1) is 59.9 Å². The molecule has 3 aliphatic heterocycles. The van der Waals surface area contributed by atoms with Crippen LogP contribution in [0, 0.1) is 0 Å². The van der Waals surface area contributed by atoms with E-state index in [4.69, 9.17) is 39.7 Å². The highest BCUT2D eigenvalue weighted by molar-refractivity contribution is 7.90. The number of ether oxygens (including phenoxy) is 5. The zero-order valence-electron chi connectivity index (χ0n) is 44.0. The first kappa shape index (κ1) is 65.3. The highest BCUT2D eigenvalue weighted by Crippen LogP contribution is 2.32. The lowest BCUT2D eigenvalue weighted by Gasteiger charge is -2.42. The largest absolute Gasteiger partial charge is 0.481 e. The van der Waals surface area contributed by atoms with Crippen molar-refractivity contribution in [1.82, 2.24) is 20.1 Å². The van der Waals surface area contributed by atoms with Gasteiger partial charge in [-0.1, -0.05) is 130 Å². The third-order valence-electron chi connectivity index (χ3n) is 11.9. The van der Waals surface area contributed by atoms with Gasteiger partial charge in [-0.3, -0.25) is 14.4 Å². The number of primary sulfonamides is 1. The Morgan fingerprint density at radius 2 is 0.838 bits per heavy atom. The van der Waals surface area contributed by atoms with Gasteiger partial charge < -0.3 is 45.2 Å². The minimum absolute atomic E-state index is 0.0123. The minimum atomic E-state index is -3.93. The van der Waals surface area contributed by atoms with Crippen LogP contribution in [0.25, 0.3) is 0 Å². The van der Waals surface area contributed by atoms with Gasteiger partial charge in [-0.15, -0.1) is 0 Å². The van der Waals surface area contributed by atoms with Crippen LogP contribution in [-0.4, -0.2) is 106 Å². The summed E-state index contributed by atoms with van der Waals surface area (Å²) in [7, 11) is -11.5. The molecule has 23 nitrogen and oxygen atoms in total. The van der Waals surface area contributed by atoms with Crippen LogP contribution in [0.4, 0.5) is 9.59 Å². The van der Waals surface area contributed by atoms with Crippen molar-refractivity contribution in [3.05, 3.63) is 161 Å². The Morgan fingerprint density at radius 3 is 1.10 bits per heavy atom. The summed E-state index contributed by atoms with van der Waals surface area (Å²) in [5, 5.41) is 18.4. The van der Waals surface area contributed by atoms with E-state index in [2.05, 4.69) is 28.7 Å². The maximum absolute atomic E-state index is 12.2. The summed E-state index contributed by atoms with van der Waals surface area (Å²) in [5.74, 6) is 0.970. The Labute approximate surface area is 470 Å². The number of carbonyl (C=O) groups excluding carboxylic acids is 4. The number of alkyl carbamates (subject to hydrolysis) is 2. The predicted octanol–water partition coefficient (Wildman–Crippen LogP) is 4.72. The number of nitrogens with two attached hydrogens (primary N) is 2. The second-order valence-electron chi connectivity index (χ2n) is 17.8. The summed E-state index contributed by atoms with van der Waals surface area (Å²) < 4.78 is 101. The molecule has 27 heteroatoms. The second kappa shape index (κ2) is 29.8. The summed E-state index contributed by atoms with van der Waals surface area (Å²) in [6.45, 7) is 6.94. The molecule has 432 valence electrons. The van der Waals surface area contributed by atoms with Gasteiger partial charge in [0.25, 0.3) is 20.0 Å². The van der Waals surface area contributed by atoms with Crippen molar-refractivity contribution in [3.63, 3.8) is 0 Å². The number of sulfonamides is 3. The maximum Gasteiger partial charge on any atom is 0.408 e. The van der Waals surface area contributed by atoms with E-state index in [1.165, 1.54) is 36.4 Å². The summed E-state index contributed by atoms with van der Waals surface area (Å²) in [6, 6.07) is 36.8. The first-order chi connectivity index (χ1) is 37.9. The van der Waals surface area contributed by atoms with Crippen LogP contribution < -0.4 is 31.0 Å². The highest BCUT2D eigenvalue weighted by Gasteiger charge is 2.44. The number of hydrogen-bond donors (Lipinski definition) is 7. The Kier molecular flexibility index (Phi) is 24.4. The fourth-order valence-corrected chi connectivity index (χ4v) is 9.70. The van der Waals surface area contributed by atoms with Gasteiger partial charge in [-0.25, -0.2) is 49.4 Å². The van der Waals surface area contributed by atoms with Crippen LogP contribution in [-0.2, 0) is 98.0 Å². The molecule has 0 bridgehead atoms. The molecule has 0 unspecified atom stereocenters. The summed E-state index contributed by atoms with van der Waals surface area (Å²) in [5.41, 5.74) is 7.96. The van der Waals surface area contributed by atoms with E-state index < -0.39 is 76.7 Å². The number of amides is 4. The zero-order chi connectivity index (χ0) is 59.2. The SMILES string of the molecule is C=S.CCC(=O)NS(=O)(=O)c1ccc(C2(N)COC2)cc1.CCC(=O)NS(=O)(=O)c1ccc(C2(NC(=O)OCc3ccccc3)COC2)cc1.CCC(=O)O.NS(=O)(=O)c1ccc(C2(NC(=O)OCc3ccccc3)COC2)cc1. The molecule has 0 saturated carbocycles. The van der Waals surface area contributed by atoms with E-state index in [1.807, 2.05) is 70.1 Å². The van der Waals surface area contributed by atoms with Crippen molar-refractivity contribution in [2.75, 3.05) is 39.6 Å². The highest BCUT2D eigenvalue weighted by atomic mass is 32.2. The van der Waals surface area contributed by atoms with Crippen molar-refractivity contribution < 1.29 is 78.0 Å². The molecule has 3 saturated heterocycles. The fraction of sp³-hybridized carbons (Fsp3) is 0.321. The average Bonchev–Trinajstić information content (AvgIpc) is 3.45. The molecule has 0 aromatic heterocycles. The quantitative estimate of drug-likeness (QED) is 0.0619. The number of rotatable bonds is 17. The van der Waals surface area contributed by atoms with E-state index >= 15 is 0 Å². The van der Waals surface area contributed by atoms with E-state index in [-0.39, 0.29) is 73.6 Å². The number of carboxylic acid groups (broad SMARTS) is 1. The Bertz CT molecular complexity index is 3200. The van der Waals surface area contributed by atoms with Crippen molar-refractivity contribution in [2.24, 2.45) is 10.9 Å². The average molecular weight is 1190 g/mol. The van der Waals surface area contributed by atoms with Crippen LogP contribution in [0.2, 0.25) is 0 Å². The summed E-state index contributed by atoms with van der Waals surface area (Å²) in [6.07, 6.45) is -0.764. The Balaban J connectivity index is 0.000000248. The number of hydrogen-bond acceptors (Lipinski definition) is 18. The van der Waals surface area contributed by atoms with Crippen molar-refractivity contribution in [1.29, 1.82) is 0 Å². The van der Waals surface area contributed by atoms with Crippen LogP contribution in [0.1, 0.15) is 67.9 Å². The lowest BCUT2D eigenvalue weighted by Crippen LogP contribution is -2.59. The molecular weight excluding hydrogens is 1120 g/mol.